The third-order valence-electron chi connectivity index (χ3n) is 5.14. The van der Waals surface area contributed by atoms with Crippen LogP contribution in [0.2, 0.25) is 0 Å². The van der Waals surface area contributed by atoms with Crippen molar-refractivity contribution in [2.75, 3.05) is 7.11 Å². The van der Waals surface area contributed by atoms with Gasteiger partial charge in [0.05, 0.1) is 17.8 Å². The number of rotatable bonds is 9. The number of aryl methyl sites for hydroxylation is 1. The highest BCUT2D eigenvalue weighted by Gasteiger charge is 2.16. The number of hydrogen-bond donors (Lipinski definition) is 1. The number of pyridine rings is 1. The summed E-state index contributed by atoms with van der Waals surface area (Å²) in [5.41, 5.74) is 3.51. The van der Waals surface area contributed by atoms with Gasteiger partial charge in [0.25, 0.3) is 5.91 Å². The van der Waals surface area contributed by atoms with E-state index in [0.29, 0.717) is 41.6 Å². The monoisotopic (exact) mass is 477 g/mol. The lowest BCUT2D eigenvalue weighted by molar-refractivity contribution is 0.0954. The van der Waals surface area contributed by atoms with Crippen LogP contribution in [0.5, 0.6) is 11.5 Å². The number of benzene rings is 2. The average molecular weight is 478 g/mol. The highest BCUT2D eigenvalue weighted by molar-refractivity contribution is 7.13. The van der Waals surface area contributed by atoms with E-state index >= 15 is 0 Å². The zero-order chi connectivity index (χ0) is 23.9. The number of halogens is 1. The van der Waals surface area contributed by atoms with Gasteiger partial charge in [0.1, 0.15) is 17.3 Å². The van der Waals surface area contributed by atoms with Crippen molar-refractivity contribution in [3.63, 3.8) is 0 Å². The predicted octanol–water partition coefficient (Wildman–Crippen LogP) is 5.09. The number of aromatic nitrogens is 2. The number of hydrogen-bond acceptors (Lipinski definition) is 6. The van der Waals surface area contributed by atoms with Gasteiger partial charge in [0.2, 0.25) is 0 Å². The molecular weight excluding hydrogens is 453 g/mol. The van der Waals surface area contributed by atoms with Gasteiger partial charge in [-0.1, -0.05) is 18.2 Å². The Morgan fingerprint density at radius 2 is 1.74 bits per heavy atom. The summed E-state index contributed by atoms with van der Waals surface area (Å²) in [5, 5.41) is 3.76. The molecule has 2 aromatic carbocycles. The lowest BCUT2D eigenvalue weighted by atomic mass is 10.1. The first-order valence-corrected chi connectivity index (χ1v) is 11.5. The summed E-state index contributed by atoms with van der Waals surface area (Å²) >= 11 is 1.35. The molecule has 4 rings (SSSR count). The molecule has 1 N–H and O–H groups in total. The van der Waals surface area contributed by atoms with E-state index in [-0.39, 0.29) is 11.7 Å². The molecule has 0 unspecified atom stereocenters. The van der Waals surface area contributed by atoms with Crippen molar-refractivity contribution >= 4 is 17.2 Å². The Labute approximate surface area is 201 Å². The fourth-order valence-corrected chi connectivity index (χ4v) is 4.37. The van der Waals surface area contributed by atoms with Crippen LogP contribution in [-0.2, 0) is 19.6 Å². The fraction of sp³-hybridized carbons (Fsp3) is 0.192. The molecule has 8 heteroatoms. The van der Waals surface area contributed by atoms with E-state index in [9.17, 15) is 9.18 Å². The second-order valence-electron chi connectivity index (χ2n) is 7.64. The smallest absolute Gasteiger partial charge is 0.263 e. The van der Waals surface area contributed by atoms with Crippen LogP contribution in [-0.4, -0.2) is 23.0 Å². The summed E-state index contributed by atoms with van der Waals surface area (Å²) in [6, 6.07) is 15.7. The van der Waals surface area contributed by atoms with Crippen LogP contribution in [0.3, 0.4) is 0 Å². The number of nitrogens with zero attached hydrogens (tertiary/aromatic N) is 2. The number of carbonyl (C=O) groups excluding carboxylic acids is 1. The van der Waals surface area contributed by atoms with Gasteiger partial charge in [0, 0.05) is 25.4 Å². The summed E-state index contributed by atoms with van der Waals surface area (Å²) in [4.78, 5) is 21.9. The van der Waals surface area contributed by atoms with Gasteiger partial charge < -0.3 is 14.8 Å². The zero-order valence-electron chi connectivity index (χ0n) is 18.9. The fourth-order valence-electron chi connectivity index (χ4n) is 3.36. The molecular formula is C26H24FN3O3S. The van der Waals surface area contributed by atoms with Crippen molar-refractivity contribution in [2.45, 2.75) is 26.5 Å². The van der Waals surface area contributed by atoms with Crippen LogP contribution in [0.25, 0.3) is 0 Å². The van der Waals surface area contributed by atoms with Crippen LogP contribution in [0.15, 0.2) is 67.0 Å². The van der Waals surface area contributed by atoms with Gasteiger partial charge in [-0.25, -0.2) is 9.37 Å². The standard InChI is InChI=1S/C26H24FN3O3S/c1-17-25(34-24(30-17)14-18-3-6-21(27)7-4-18)26(31)29-15-20-5-8-22(23(13-20)32-2)33-16-19-9-11-28-12-10-19/h3-13H,14-16H2,1-2H3,(H,29,31). The van der Waals surface area contributed by atoms with E-state index in [1.165, 1.54) is 23.5 Å². The Bertz CT molecular complexity index is 1260. The van der Waals surface area contributed by atoms with Crippen molar-refractivity contribution in [1.82, 2.24) is 15.3 Å². The van der Waals surface area contributed by atoms with Crippen molar-refractivity contribution in [3.8, 4) is 11.5 Å². The molecule has 4 aromatic rings. The number of methoxy groups -OCH3 is 1. The molecule has 0 aliphatic heterocycles. The third-order valence-corrected chi connectivity index (χ3v) is 6.30. The van der Waals surface area contributed by atoms with E-state index in [1.807, 2.05) is 37.3 Å². The molecule has 0 fully saturated rings. The van der Waals surface area contributed by atoms with E-state index < -0.39 is 0 Å². The SMILES string of the molecule is COc1cc(CNC(=O)c2sc(Cc3ccc(F)cc3)nc2C)ccc1OCc1ccncc1. The van der Waals surface area contributed by atoms with Gasteiger partial charge in [0.15, 0.2) is 11.5 Å². The Balaban J connectivity index is 1.36. The lowest BCUT2D eigenvalue weighted by Crippen LogP contribution is -2.22. The van der Waals surface area contributed by atoms with E-state index in [1.54, 1.807) is 31.6 Å². The van der Waals surface area contributed by atoms with Crippen LogP contribution in [0.1, 0.15) is 37.1 Å². The summed E-state index contributed by atoms with van der Waals surface area (Å²) < 4.78 is 24.5. The quantitative estimate of drug-likeness (QED) is 0.363. The Morgan fingerprint density at radius 3 is 2.47 bits per heavy atom. The molecule has 2 heterocycles. The molecule has 1 amide bonds. The molecule has 174 valence electrons. The van der Waals surface area contributed by atoms with Crippen LogP contribution < -0.4 is 14.8 Å². The highest BCUT2D eigenvalue weighted by Crippen LogP contribution is 2.29. The molecule has 0 saturated carbocycles. The maximum Gasteiger partial charge on any atom is 0.263 e. The first kappa shape index (κ1) is 23.4. The predicted molar refractivity (Wildman–Crippen MR) is 129 cm³/mol. The van der Waals surface area contributed by atoms with Crippen molar-refractivity contribution in [2.24, 2.45) is 0 Å². The van der Waals surface area contributed by atoms with Crippen LogP contribution in [0.4, 0.5) is 4.39 Å². The number of nitrogens with one attached hydrogen (secondary N) is 1. The highest BCUT2D eigenvalue weighted by atomic mass is 32.1. The van der Waals surface area contributed by atoms with Gasteiger partial charge in [-0.15, -0.1) is 11.3 Å². The van der Waals surface area contributed by atoms with Crippen LogP contribution in [0, 0.1) is 12.7 Å². The molecule has 0 atom stereocenters. The molecule has 0 aliphatic rings. The maximum atomic E-state index is 13.1. The molecule has 0 radical (unpaired) electrons. The number of thiazole rings is 1. The summed E-state index contributed by atoms with van der Waals surface area (Å²) in [6.07, 6.45) is 3.99. The molecule has 2 aromatic heterocycles. The lowest BCUT2D eigenvalue weighted by Gasteiger charge is -2.12. The summed E-state index contributed by atoms with van der Waals surface area (Å²) in [6.45, 7) is 2.56. The minimum Gasteiger partial charge on any atom is -0.493 e. The van der Waals surface area contributed by atoms with Gasteiger partial charge in [-0.2, -0.15) is 0 Å². The van der Waals surface area contributed by atoms with Gasteiger partial charge in [-0.3, -0.25) is 9.78 Å². The minimum absolute atomic E-state index is 0.183. The number of ether oxygens (including phenoxy) is 2. The molecule has 0 saturated heterocycles. The second-order valence-corrected chi connectivity index (χ2v) is 8.72. The number of carbonyl (C=O) groups is 1. The largest absolute Gasteiger partial charge is 0.493 e. The summed E-state index contributed by atoms with van der Waals surface area (Å²) in [5.74, 6) is 0.760. The van der Waals surface area contributed by atoms with Crippen LogP contribution >= 0.6 is 11.3 Å². The molecule has 0 spiro atoms. The van der Waals surface area contributed by atoms with E-state index in [0.717, 1.165) is 21.7 Å². The van der Waals surface area contributed by atoms with Crippen molar-refractivity contribution < 1.29 is 18.7 Å². The third kappa shape index (κ3) is 5.96. The first-order valence-electron chi connectivity index (χ1n) is 10.7. The Morgan fingerprint density at radius 1 is 1.00 bits per heavy atom. The normalized spacial score (nSPS) is 10.7. The van der Waals surface area contributed by atoms with E-state index in [2.05, 4.69) is 15.3 Å². The zero-order valence-corrected chi connectivity index (χ0v) is 19.7. The average Bonchev–Trinajstić information content (AvgIpc) is 3.23. The Kier molecular flexibility index (Phi) is 7.49. The maximum absolute atomic E-state index is 13.1. The first-order chi connectivity index (χ1) is 16.5. The summed E-state index contributed by atoms with van der Waals surface area (Å²) in [7, 11) is 1.58. The Hall–Kier alpha value is -3.78. The van der Waals surface area contributed by atoms with Crippen molar-refractivity contribution in [3.05, 3.63) is 105 Å². The molecule has 0 bridgehead atoms. The molecule has 0 aliphatic carbocycles. The minimum atomic E-state index is -0.274. The molecule has 34 heavy (non-hydrogen) atoms. The second kappa shape index (κ2) is 10.9. The van der Waals surface area contributed by atoms with E-state index in [4.69, 9.17) is 9.47 Å². The van der Waals surface area contributed by atoms with Gasteiger partial charge in [-0.05, 0) is 60.0 Å². The van der Waals surface area contributed by atoms with Crippen molar-refractivity contribution in [1.29, 1.82) is 0 Å². The molecule has 6 nitrogen and oxygen atoms in total. The number of amides is 1. The topological polar surface area (TPSA) is 73.3 Å². The van der Waals surface area contributed by atoms with Gasteiger partial charge >= 0.3 is 0 Å².